The first-order valence-electron chi connectivity index (χ1n) is 8.02. The highest BCUT2D eigenvalue weighted by molar-refractivity contribution is 7.92. The average molecular weight is 443 g/mol. The Kier molecular flexibility index (Phi) is 5.11. The van der Waals surface area contributed by atoms with E-state index >= 15 is 0 Å². The molecule has 0 aliphatic heterocycles. The highest BCUT2D eigenvalue weighted by Gasteiger charge is 2.32. The number of nitro groups is 1. The van der Waals surface area contributed by atoms with E-state index in [4.69, 9.17) is 0 Å². The van der Waals surface area contributed by atoms with E-state index in [1.54, 1.807) is 0 Å². The fourth-order valence-corrected chi connectivity index (χ4v) is 4.00. The van der Waals surface area contributed by atoms with Crippen LogP contribution < -0.4 is 10.4 Å². The lowest BCUT2D eigenvalue weighted by Gasteiger charge is -2.14. The molecule has 3 aromatic rings. The van der Waals surface area contributed by atoms with Gasteiger partial charge in [-0.1, -0.05) is 6.07 Å². The molecular formula is C16H12F3N5O5S. The smallest absolute Gasteiger partial charge is 0.289 e. The SMILES string of the molecule is Cc1c([N+](=O)[O-])cccc1S(=O)(=O)Nc1cc(-c2n[nH]c(=O)[nH]2)cc(C(F)(F)F)c1. The van der Waals surface area contributed by atoms with Crippen molar-refractivity contribution in [1.29, 1.82) is 0 Å². The van der Waals surface area contributed by atoms with Crippen molar-refractivity contribution in [2.75, 3.05) is 4.72 Å². The van der Waals surface area contributed by atoms with Gasteiger partial charge in [-0.25, -0.2) is 18.3 Å². The number of halogens is 3. The summed E-state index contributed by atoms with van der Waals surface area (Å²) < 4.78 is 67.3. The molecule has 158 valence electrons. The summed E-state index contributed by atoms with van der Waals surface area (Å²) in [7, 11) is -4.48. The summed E-state index contributed by atoms with van der Waals surface area (Å²) in [5.74, 6) is -0.238. The lowest BCUT2D eigenvalue weighted by Crippen LogP contribution is -2.16. The first kappa shape index (κ1) is 21.0. The monoisotopic (exact) mass is 443 g/mol. The van der Waals surface area contributed by atoms with Crippen LogP contribution in [0, 0.1) is 17.0 Å². The maximum atomic E-state index is 13.3. The molecule has 10 nitrogen and oxygen atoms in total. The maximum absolute atomic E-state index is 13.3. The molecule has 0 fully saturated rings. The van der Waals surface area contributed by atoms with E-state index in [0.717, 1.165) is 24.3 Å². The van der Waals surface area contributed by atoms with E-state index in [1.165, 1.54) is 6.92 Å². The fourth-order valence-electron chi connectivity index (χ4n) is 2.70. The molecular weight excluding hydrogens is 431 g/mol. The number of nitrogens with one attached hydrogen (secondary N) is 3. The van der Waals surface area contributed by atoms with Crippen molar-refractivity contribution >= 4 is 21.4 Å². The number of hydrogen-bond acceptors (Lipinski definition) is 6. The quantitative estimate of drug-likeness (QED) is 0.407. The van der Waals surface area contributed by atoms with Crippen LogP contribution in [0.1, 0.15) is 11.1 Å². The first-order valence-corrected chi connectivity index (χ1v) is 9.51. The minimum absolute atomic E-state index is 0.182. The van der Waals surface area contributed by atoms with Crippen LogP contribution >= 0.6 is 0 Å². The summed E-state index contributed by atoms with van der Waals surface area (Å²) in [6.45, 7) is 1.21. The topological polar surface area (TPSA) is 151 Å². The van der Waals surface area contributed by atoms with Gasteiger partial charge in [0.2, 0.25) is 0 Å². The Morgan fingerprint density at radius 1 is 1.20 bits per heavy atom. The van der Waals surface area contributed by atoms with Gasteiger partial charge >= 0.3 is 11.9 Å². The van der Waals surface area contributed by atoms with E-state index in [2.05, 4.69) is 10.1 Å². The molecule has 3 N–H and O–H groups in total. The van der Waals surface area contributed by atoms with Crippen LogP contribution in [0.25, 0.3) is 11.4 Å². The zero-order valence-electron chi connectivity index (χ0n) is 14.9. The summed E-state index contributed by atoms with van der Waals surface area (Å²) in [5, 5.41) is 16.6. The molecule has 0 aliphatic rings. The molecule has 3 rings (SSSR count). The van der Waals surface area contributed by atoms with Crippen LogP contribution in [0.3, 0.4) is 0 Å². The van der Waals surface area contributed by atoms with Crippen molar-refractivity contribution in [3.05, 3.63) is 68.1 Å². The van der Waals surface area contributed by atoms with Crippen LogP contribution in [0.4, 0.5) is 24.5 Å². The minimum Gasteiger partial charge on any atom is -0.289 e. The number of H-pyrrole nitrogens is 2. The molecule has 0 spiro atoms. The molecule has 30 heavy (non-hydrogen) atoms. The highest BCUT2D eigenvalue weighted by Crippen LogP contribution is 2.35. The second-order valence-electron chi connectivity index (χ2n) is 6.09. The molecule has 0 amide bonds. The molecule has 0 radical (unpaired) electrons. The number of benzene rings is 2. The standard InChI is InChI=1S/C16H12F3N5O5S/c1-8-12(24(26)27)3-2-4-13(8)30(28,29)23-11-6-9(14-20-15(25)22-21-14)5-10(7-11)16(17,18)19/h2-7,23H,1H3,(H2,20,21,22,25). The number of aromatic amines is 2. The van der Waals surface area contributed by atoms with Crippen molar-refractivity contribution in [1.82, 2.24) is 15.2 Å². The average Bonchev–Trinajstić information content (AvgIpc) is 3.06. The van der Waals surface area contributed by atoms with Crippen molar-refractivity contribution in [2.45, 2.75) is 18.0 Å². The number of hydrogen-bond donors (Lipinski definition) is 3. The number of aromatic nitrogens is 3. The molecule has 0 bridgehead atoms. The van der Waals surface area contributed by atoms with Crippen LogP contribution in [0.15, 0.2) is 46.1 Å². The molecule has 0 unspecified atom stereocenters. The second kappa shape index (κ2) is 7.29. The molecule has 14 heteroatoms. The zero-order chi connectivity index (χ0) is 22.3. The van der Waals surface area contributed by atoms with E-state index < -0.39 is 48.6 Å². The lowest BCUT2D eigenvalue weighted by atomic mass is 10.1. The molecule has 0 aliphatic carbocycles. The number of anilines is 1. The van der Waals surface area contributed by atoms with Gasteiger partial charge in [-0.15, -0.1) is 0 Å². The predicted molar refractivity (Wildman–Crippen MR) is 98.3 cm³/mol. The largest absolute Gasteiger partial charge is 0.416 e. The zero-order valence-corrected chi connectivity index (χ0v) is 15.8. The Morgan fingerprint density at radius 3 is 2.47 bits per heavy atom. The van der Waals surface area contributed by atoms with Crippen molar-refractivity contribution in [3.8, 4) is 11.4 Å². The maximum Gasteiger partial charge on any atom is 0.416 e. The third kappa shape index (κ3) is 4.17. The van der Waals surface area contributed by atoms with Gasteiger partial charge in [0.1, 0.15) is 0 Å². The van der Waals surface area contributed by atoms with Crippen LogP contribution in [0.5, 0.6) is 0 Å². The predicted octanol–water partition coefficient (Wildman–Crippen LogP) is 2.80. The number of sulfonamides is 1. The van der Waals surface area contributed by atoms with Crippen LogP contribution in [0.2, 0.25) is 0 Å². The van der Waals surface area contributed by atoms with Gasteiger partial charge in [0.15, 0.2) is 5.82 Å². The summed E-state index contributed by atoms with van der Waals surface area (Å²) in [4.78, 5) is 23.2. The molecule has 2 aromatic carbocycles. The second-order valence-corrected chi connectivity index (χ2v) is 7.74. The van der Waals surface area contributed by atoms with Gasteiger partial charge in [-0.2, -0.15) is 18.3 Å². The van der Waals surface area contributed by atoms with E-state index in [1.807, 2.05) is 9.82 Å². The van der Waals surface area contributed by atoms with E-state index in [-0.39, 0.29) is 17.0 Å². The van der Waals surface area contributed by atoms with Gasteiger partial charge in [0.25, 0.3) is 15.7 Å². The summed E-state index contributed by atoms with van der Waals surface area (Å²) in [5.41, 5.74) is -3.30. The molecule has 1 heterocycles. The first-order chi connectivity index (χ1) is 13.9. The Balaban J connectivity index is 2.11. The van der Waals surface area contributed by atoms with E-state index in [9.17, 15) is 36.5 Å². The number of alkyl halides is 3. The molecule has 0 saturated carbocycles. The fraction of sp³-hybridized carbons (Fsp3) is 0.125. The number of rotatable bonds is 5. The Morgan fingerprint density at radius 2 is 1.90 bits per heavy atom. The van der Waals surface area contributed by atoms with Crippen molar-refractivity contribution < 1.29 is 26.5 Å². The normalized spacial score (nSPS) is 12.0. The summed E-state index contributed by atoms with van der Waals surface area (Å²) in [6, 6.07) is 5.60. The summed E-state index contributed by atoms with van der Waals surface area (Å²) >= 11 is 0. The van der Waals surface area contributed by atoms with Crippen molar-refractivity contribution in [3.63, 3.8) is 0 Å². The Bertz CT molecular complexity index is 1300. The Labute approximate surface area is 166 Å². The van der Waals surface area contributed by atoms with Gasteiger partial charge in [0, 0.05) is 17.2 Å². The third-order valence-electron chi connectivity index (χ3n) is 4.03. The molecule has 1 aromatic heterocycles. The molecule has 0 atom stereocenters. The van der Waals surface area contributed by atoms with Gasteiger partial charge in [-0.05, 0) is 31.2 Å². The van der Waals surface area contributed by atoms with Crippen LogP contribution in [-0.4, -0.2) is 28.5 Å². The molecule has 0 saturated heterocycles. The number of nitrogens with zero attached hydrogens (tertiary/aromatic N) is 2. The van der Waals surface area contributed by atoms with E-state index in [0.29, 0.717) is 12.1 Å². The highest BCUT2D eigenvalue weighted by atomic mass is 32.2. The summed E-state index contributed by atoms with van der Waals surface area (Å²) in [6.07, 6.45) is -4.83. The number of nitro benzene ring substituents is 1. The van der Waals surface area contributed by atoms with Gasteiger partial charge in [0.05, 0.1) is 21.1 Å². The minimum atomic E-state index is -4.83. The van der Waals surface area contributed by atoms with Gasteiger partial charge in [-0.3, -0.25) is 19.8 Å². The van der Waals surface area contributed by atoms with Crippen LogP contribution in [-0.2, 0) is 16.2 Å². The lowest BCUT2D eigenvalue weighted by molar-refractivity contribution is -0.385. The third-order valence-corrected chi connectivity index (χ3v) is 5.55. The van der Waals surface area contributed by atoms with Crippen molar-refractivity contribution in [2.24, 2.45) is 0 Å². The Hall–Kier alpha value is -3.68. The van der Waals surface area contributed by atoms with Gasteiger partial charge < -0.3 is 0 Å².